The molecule has 0 saturated carbocycles. The van der Waals surface area contributed by atoms with Gasteiger partial charge in [0.15, 0.2) is 0 Å². The van der Waals surface area contributed by atoms with Crippen LogP contribution in [-0.2, 0) is 0 Å². The molecular formula is C62H36N4OS. The molecule has 0 amide bonds. The Morgan fingerprint density at radius 2 is 1.09 bits per heavy atom. The maximum atomic E-state index is 6.34. The van der Waals surface area contributed by atoms with Crippen molar-refractivity contribution in [3.8, 4) is 44.5 Å². The lowest BCUT2D eigenvalue weighted by atomic mass is 9.98. The van der Waals surface area contributed by atoms with Crippen LogP contribution in [0.25, 0.3) is 142 Å². The van der Waals surface area contributed by atoms with Crippen LogP contribution in [0, 0.1) is 0 Å². The van der Waals surface area contributed by atoms with Crippen molar-refractivity contribution in [2.75, 3.05) is 0 Å². The molecule has 0 aliphatic rings. The first-order chi connectivity index (χ1) is 33.7. The minimum Gasteiger partial charge on any atom is -0.456 e. The molecule has 5 nitrogen and oxygen atoms in total. The lowest BCUT2D eigenvalue weighted by molar-refractivity contribution is 0.669. The normalized spacial score (nSPS) is 12.1. The summed E-state index contributed by atoms with van der Waals surface area (Å²) in [7, 11) is 0. The van der Waals surface area contributed by atoms with Crippen molar-refractivity contribution in [2.24, 2.45) is 0 Å². The Morgan fingerprint density at radius 3 is 1.94 bits per heavy atom. The Hall–Kier alpha value is -8.84. The smallest absolute Gasteiger partial charge is 0.235 e. The van der Waals surface area contributed by atoms with E-state index in [4.69, 9.17) is 14.4 Å². The maximum Gasteiger partial charge on any atom is 0.235 e. The summed E-state index contributed by atoms with van der Waals surface area (Å²) in [5.74, 6) is 0.647. The molecule has 0 aliphatic carbocycles. The number of benzene rings is 10. The third kappa shape index (κ3) is 5.43. The SMILES string of the molecule is c1ccc(-c2cc3nc(-n4c5ccc(-c6cccc7c8c9ccccc9ccc8n(-c8ccc9oc%10ccccc%10c9c8)c67)cc5c5ccc6ccccc6c54)nc(-c4ccccc4)c3s2)cc1. The Bertz CT molecular complexity index is 4560. The second-order valence-electron chi connectivity index (χ2n) is 17.7. The van der Waals surface area contributed by atoms with Gasteiger partial charge in [0.2, 0.25) is 5.95 Å². The summed E-state index contributed by atoms with van der Waals surface area (Å²) in [6, 6.07) is 78.5. The van der Waals surface area contributed by atoms with E-state index in [1.165, 1.54) is 37.4 Å². The van der Waals surface area contributed by atoms with Gasteiger partial charge >= 0.3 is 0 Å². The fraction of sp³-hybridized carbons (Fsp3) is 0. The molecule has 316 valence electrons. The van der Waals surface area contributed by atoms with Crippen molar-refractivity contribution in [1.82, 2.24) is 19.1 Å². The molecule has 0 atom stereocenters. The van der Waals surface area contributed by atoms with Crippen LogP contribution < -0.4 is 0 Å². The summed E-state index contributed by atoms with van der Waals surface area (Å²) in [6.07, 6.45) is 0. The molecule has 0 saturated heterocycles. The molecule has 0 radical (unpaired) electrons. The van der Waals surface area contributed by atoms with E-state index in [2.05, 4.69) is 215 Å². The van der Waals surface area contributed by atoms with E-state index in [0.29, 0.717) is 5.95 Å². The second kappa shape index (κ2) is 14.3. The van der Waals surface area contributed by atoms with Gasteiger partial charge in [-0.05, 0) is 75.8 Å². The highest BCUT2D eigenvalue weighted by molar-refractivity contribution is 7.22. The number of thiophene rings is 1. The van der Waals surface area contributed by atoms with Crippen LogP contribution in [0.1, 0.15) is 0 Å². The van der Waals surface area contributed by atoms with E-state index < -0.39 is 0 Å². The van der Waals surface area contributed by atoms with Crippen LogP contribution >= 0.6 is 11.3 Å². The van der Waals surface area contributed by atoms with Gasteiger partial charge < -0.3 is 8.98 Å². The van der Waals surface area contributed by atoms with Gasteiger partial charge in [-0.3, -0.25) is 4.57 Å². The van der Waals surface area contributed by atoms with Crippen LogP contribution in [0.2, 0.25) is 0 Å². The fourth-order valence-electron chi connectivity index (χ4n) is 10.9. The first-order valence-corrected chi connectivity index (χ1v) is 23.8. The number of hydrogen-bond acceptors (Lipinski definition) is 4. The van der Waals surface area contributed by atoms with Gasteiger partial charge in [0.25, 0.3) is 0 Å². The number of hydrogen-bond donors (Lipinski definition) is 0. The fourth-order valence-corrected chi connectivity index (χ4v) is 12.0. The minimum absolute atomic E-state index is 0.647. The largest absolute Gasteiger partial charge is 0.456 e. The lowest BCUT2D eigenvalue weighted by Crippen LogP contribution is -2.03. The van der Waals surface area contributed by atoms with Crippen LogP contribution in [0.5, 0.6) is 0 Å². The monoisotopic (exact) mass is 884 g/mol. The highest BCUT2D eigenvalue weighted by Gasteiger charge is 2.24. The topological polar surface area (TPSA) is 48.8 Å². The van der Waals surface area contributed by atoms with E-state index >= 15 is 0 Å². The molecule has 15 rings (SSSR count). The molecule has 68 heavy (non-hydrogen) atoms. The van der Waals surface area contributed by atoms with E-state index in [1.54, 1.807) is 11.3 Å². The van der Waals surface area contributed by atoms with Gasteiger partial charge in [0, 0.05) is 59.4 Å². The van der Waals surface area contributed by atoms with Gasteiger partial charge in [0.05, 0.1) is 38.0 Å². The van der Waals surface area contributed by atoms with Crippen LogP contribution in [0.15, 0.2) is 223 Å². The number of aromatic nitrogens is 4. The zero-order chi connectivity index (χ0) is 44.5. The van der Waals surface area contributed by atoms with E-state index in [1.807, 2.05) is 12.1 Å². The molecule has 0 spiro atoms. The third-order valence-electron chi connectivity index (χ3n) is 13.9. The maximum absolute atomic E-state index is 6.34. The molecular weight excluding hydrogens is 849 g/mol. The molecule has 0 N–H and O–H groups in total. The summed E-state index contributed by atoms with van der Waals surface area (Å²) in [6.45, 7) is 0. The first-order valence-electron chi connectivity index (χ1n) is 23.0. The van der Waals surface area contributed by atoms with Gasteiger partial charge in [0.1, 0.15) is 11.2 Å². The van der Waals surface area contributed by atoms with Gasteiger partial charge in [-0.15, -0.1) is 11.3 Å². The Kier molecular flexibility index (Phi) is 7.88. The highest BCUT2D eigenvalue weighted by atomic mass is 32.1. The standard InChI is InChI=1S/C62H36N4OS/c1-3-16-39(17-4-1)56-36-51-61(68-56)58(40-18-5-2-6-19-40)64-62(63-51)66-52-31-28-41(34-49(52)47-30-26-38-15-8-10-21-44(38)59(47)66)45-23-13-24-48-57-43-20-9-7-14-37(43)27-32-53(57)65(60(45)48)42-29-33-55-50(35-42)46-22-11-12-25-54(46)67-55/h1-36H. The van der Waals surface area contributed by atoms with Gasteiger partial charge in [-0.2, -0.15) is 0 Å². The van der Waals surface area contributed by atoms with Gasteiger partial charge in [-0.1, -0.05) is 170 Å². The summed E-state index contributed by atoms with van der Waals surface area (Å²) < 4.78 is 12.2. The first kappa shape index (κ1) is 37.4. The molecule has 0 bridgehead atoms. The molecule has 0 unspecified atom stereocenters. The van der Waals surface area contributed by atoms with Crippen LogP contribution in [-0.4, -0.2) is 19.1 Å². The zero-order valence-electron chi connectivity index (χ0n) is 36.4. The average molecular weight is 885 g/mol. The number of nitrogens with zero attached hydrogens (tertiary/aromatic N) is 4. The molecule has 6 heteroatoms. The summed E-state index contributed by atoms with van der Waals surface area (Å²) in [4.78, 5) is 12.2. The van der Waals surface area contributed by atoms with Crippen molar-refractivity contribution in [2.45, 2.75) is 0 Å². The average Bonchev–Trinajstić information content (AvgIpc) is 4.18. The van der Waals surface area contributed by atoms with Crippen molar-refractivity contribution in [3.63, 3.8) is 0 Å². The van der Waals surface area contributed by atoms with Gasteiger partial charge in [-0.25, -0.2) is 9.97 Å². The minimum atomic E-state index is 0.647. The van der Waals surface area contributed by atoms with Crippen molar-refractivity contribution in [1.29, 1.82) is 0 Å². The zero-order valence-corrected chi connectivity index (χ0v) is 37.2. The summed E-state index contributed by atoms with van der Waals surface area (Å²) in [5.41, 5.74) is 13.7. The van der Waals surface area contributed by atoms with E-state index in [0.717, 1.165) is 98.5 Å². The number of fused-ring (bicyclic) bond motifs is 14. The number of furan rings is 1. The Morgan fingerprint density at radius 1 is 0.397 bits per heavy atom. The van der Waals surface area contributed by atoms with Crippen LogP contribution in [0.3, 0.4) is 0 Å². The number of rotatable bonds is 5. The lowest BCUT2D eigenvalue weighted by Gasteiger charge is -2.13. The molecule has 10 aromatic carbocycles. The predicted octanol–water partition coefficient (Wildman–Crippen LogP) is 17.1. The van der Waals surface area contributed by atoms with E-state index in [-0.39, 0.29) is 0 Å². The molecule has 5 aromatic heterocycles. The molecule has 0 fully saturated rings. The van der Waals surface area contributed by atoms with Crippen molar-refractivity contribution in [3.05, 3.63) is 218 Å². The molecule has 5 heterocycles. The Balaban J connectivity index is 1.02. The number of para-hydroxylation sites is 2. The van der Waals surface area contributed by atoms with Crippen molar-refractivity contribution < 1.29 is 4.42 Å². The highest BCUT2D eigenvalue weighted by Crippen LogP contribution is 2.45. The third-order valence-corrected chi connectivity index (χ3v) is 15.1. The Labute approximate surface area is 393 Å². The van der Waals surface area contributed by atoms with Crippen molar-refractivity contribution >= 4 is 109 Å². The second-order valence-corrected chi connectivity index (χ2v) is 18.7. The van der Waals surface area contributed by atoms with E-state index in [9.17, 15) is 0 Å². The predicted molar refractivity (Wildman–Crippen MR) is 285 cm³/mol. The quantitative estimate of drug-likeness (QED) is 0.173. The molecule has 0 aliphatic heterocycles. The van der Waals surface area contributed by atoms with Crippen LogP contribution in [0.4, 0.5) is 0 Å². The summed E-state index contributed by atoms with van der Waals surface area (Å²) >= 11 is 1.75. The summed E-state index contributed by atoms with van der Waals surface area (Å²) in [5, 5.41) is 11.7. The molecule has 15 aromatic rings.